The zero-order valence-corrected chi connectivity index (χ0v) is 13.5. The second-order valence-corrected chi connectivity index (χ2v) is 5.78. The molecule has 0 saturated carbocycles. The predicted molar refractivity (Wildman–Crippen MR) is 92.0 cm³/mol. The van der Waals surface area contributed by atoms with Crippen LogP contribution in [0.25, 0.3) is 11.7 Å². The number of hydrogen-bond donors (Lipinski definition) is 0. The standard InChI is InChI=1S/C18H12ClN3O2/c1-11-5-7-12(8-6-11)17-20-13(18(23)24-17)10-14-16(19)21-15-4-2-3-9-22(14)15/h2-10H,1H3. The summed E-state index contributed by atoms with van der Waals surface area (Å²) in [4.78, 5) is 20.7. The molecule has 0 atom stereocenters. The van der Waals surface area contributed by atoms with Crippen molar-refractivity contribution in [2.45, 2.75) is 6.92 Å². The third-order valence-corrected chi connectivity index (χ3v) is 3.99. The molecule has 3 aromatic rings. The van der Waals surface area contributed by atoms with Crippen LogP contribution in [0.4, 0.5) is 0 Å². The van der Waals surface area contributed by atoms with Gasteiger partial charge in [0.2, 0.25) is 5.90 Å². The van der Waals surface area contributed by atoms with Gasteiger partial charge < -0.3 is 4.74 Å². The van der Waals surface area contributed by atoms with Gasteiger partial charge in [-0.15, -0.1) is 0 Å². The van der Waals surface area contributed by atoms with E-state index in [0.717, 1.165) is 11.1 Å². The molecule has 4 rings (SSSR count). The molecule has 5 nitrogen and oxygen atoms in total. The molecular weight excluding hydrogens is 326 g/mol. The van der Waals surface area contributed by atoms with Crippen LogP contribution in [-0.2, 0) is 9.53 Å². The van der Waals surface area contributed by atoms with Crippen LogP contribution in [-0.4, -0.2) is 21.3 Å². The Balaban J connectivity index is 1.77. The number of cyclic esters (lactones) is 1. The number of aromatic nitrogens is 2. The maximum Gasteiger partial charge on any atom is 0.363 e. The van der Waals surface area contributed by atoms with Crippen molar-refractivity contribution in [2.75, 3.05) is 0 Å². The van der Waals surface area contributed by atoms with Gasteiger partial charge in [-0.3, -0.25) is 4.40 Å². The van der Waals surface area contributed by atoms with Gasteiger partial charge in [0.15, 0.2) is 10.9 Å². The second kappa shape index (κ2) is 5.62. The first kappa shape index (κ1) is 14.7. The van der Waals surface area contributed by atoms with E-state index in [2.05, 4.69) is 9.98 Å². The summed E-state index contributed by atoms with van der Waals surface area (Å²) in [5.74, 6) is -0.219. The van der Waals surface area contributed by atoms with E-state index < -0.39 is 5.97 Å². The summed E-state index contributed by atoms with van der Waals surface area (Å²) in [7, 11) is 0. The van der Waals surface area contributed by atoms with Crippen LogP contribution < -0.4 is 0 Å². The topological polar surface area (TPSA) is 56.0 Å². The summed E-state index contributed by atoms with van der Waals surface area (Å²) in [6.45, 7) is 1.99. The Hall–Kier alpha value is -2.92. The Bertz CT molecular complexity index is 1020. The van der Waals surface area contributed by atoms with E-state index in [-0.39, 0.29) is 11.6 Å². The number of carbonyl (C=O) groups excluding carboxylic acids is 1. The SMILES string of the molecule is Cc1ccc(C2=NC(=Cc3c(Cl)nc4ccccn34)C(=O)O2)cc1. The van der Waals surface area contributed by atoms with Crippen LogP contribution in [0, 0.1) is 6.92 Å². The van der Waals surface area contributed by atoms with Crippen molar-refractivity contribution in [2.24, 2.45) is 4.99 Å². The van der Waals surface area contributed by atoms with Gasteiger partial charge in [-0.05, 0) is 37.3 Å². The van der Waals surface area contributed by atoms with Crippen molar-refractivity contribution in [3.63, 3.8) is 0 Å². The number of ether oxygens (including phenoxy) is 1. The fourth-order valence-electron chi connectivity index (χ4n) is 2.47. The van der Waals surface area contributed by atoms with Crippen LogP contribution in [0.1, 0.15) is 16.8 Å². The Morgan fingerprint density at radius 3 is 2.75 bits per heavy atom. The minimum atomic E-state index is -0.507. The number of rotatable bonds is 2. The summed E-state index contributed by atoms with van der Waals surface area (Å²) in [6, 6.07) is 13.2. The van der Waals surface area contributed by atoms with E-state index in [1.54, 1.807) is 10.5 Å². The number of pyridine rings is 1. The molecule has 0 amide bonds. The van der Waals surface area contributed by atoms with Crippen LogP contribution >= 0.6 is 11.6 Å². The van der Waals surface area contributed by atoms with E-state index in [1.807, 2.05) is 55.6 Å². The molecule has 0 radical (unpaired) electrons. The summed E-state index contributed by atoms with van der Waals surface area (Å²) in [5.41, 5.74) is 3.35. The number of carbonyl (C=O) groups is 1. The van der Waals surface area contributed by atoms with Gasteiger partial charge in [-0.25, -0.2) is 14.8 Å². The molecule has 0 saturated heterocycles. The monoisotopic (exact) mass is 337 g/mol. The molecule has 6 heteroatoms. The Morgan fingerprint density at radius 1 is 1.17 bits per heavy atom. The first-order chi connectivity index (χ1) is 11.6. The van der Waals surface area contributed by atoms with Crippen LogP contribution in [0.2, 0.25) is 5.15 Å². The van der Waals surface area contributed by atoms with Gasteiger partial charge in [0.05, 0.1) is 5.69 Å². The van der Waals surface area contributed by atoms with Crippen molar-refractivity contribution in [3.8, 4) is 0 Å². The number of halogens is 1. The van der Waals surface area contributed by atoms with E-state index >= 15 is 0 Å². The van der Waals surface area contributed by atoms with Gasteiger partial charge >= 0.3 is 5.97 Å². The number of aliphatic imine (C=N–C) groups is 1. The van der Waals surface area contributed by atoms with Gasteiger partial charge in [-0.1, -0.05) is 35.4 Å². The molecule has 0 bridgehead atoms. The number of esters is 1. The first-order valence-corrected chi connectivity index (χ1v) is 7.72. The maximum atomic E-state index is 12.1. The molecule has 0 aliphatic carbocycles. The highest BCUT2D eigenvalue weighted by molar-refractivity contribution is 6.31. The molecule has 0 unspecified atom stereocenters. The number of aryl methyl sites for hydroxylation is 1. The molecule has 0 fully saturated rings. The average Bonchev–Trinajstić information content (AvgIpc) is 3.09. The molecular formula is C18H12ClN3O2. The summed E-state index contributed by atoms with van der Waals surface area (Å²) >= 11 is 6.19. The van der Waals surface area contributed by atoms with Crippen molar-refractivity contribution >= 4 is 35.2 Å². The average molecular weight is 338 g/mol. The molecule has 1 aromatic carbocycles. The summed E-state index contributed by atoms with van der Waals surface area (Å²) in [6.07, 6.45) is 3.41. The van der Waals surface area contributed by atoms with Crippen molar-refractivity contribution in [3.05, 3.63) is 76.3 Å². The lowest BCUT2D eigenvalue weighted by Gasteiger charge is -1.99. The quantitative estimate of drug-likeness (QED) is 0.530. The Morgan fingerprint density at radius 2 is 1.96 bits per heavy atom. The third kappa shape index (κ3) is 2.49. The van der Waals surface area contributed by atoms with Crippen molar-refractivity contribution in [1.29, 1.82) is 0 Å². The molecule has 0 N–H and O–H groups in total. The molecule has 3 heterocycles. The van der Waals surface area contributed by atoms with E-state index in [9.17, 15) is 4.79 Å². The highest BCUT2D eigenvalue weighted by Gasteiger charge is 2.25. The van der Waals surface area contributed by atoms with Crippen molar-refractivity contribution in [1.82, 2.24) is 9.38 Å². The van der Waals surface area contributed by atoms with Crippen molar-refractivity contribution < 1.29 is 9.53 Å². The first-order valence-electron chi connectivity index (χ1n) is 7.34. The highest BCUT2D eigenvalue weighted by Crippen LogP contribution is 2.24. The van der Waals surface area contributed by atoms with Gasteiger partial charge in [0, 0.05) is 11.8 Å². The number of nitrogens with zero attached hydrogens (tertiary/aromatic N) is 3. The lowest BCUT2D eigenvalue weighted by atomic mass is 10.1. The smallest absolute Gasteiger partial charge is 0.363 e. The third-order valence-electron chi connectivity index (χ3n) is 3.71. The number of hydrogen-bond acceptors (Lipinski definition) is 4. The summed E-state index contributed by atoms with van der Waals surface area (Å²) < 4.78 is 7.06. The lowest BCUT2D eigenvalue weighted by molar-refractivity contribution is -0.129. The minimum Gasteiger partial charge on any atom is -0.402 e. The fourth-order valence-corrected chi connectivity index (χ4v) is 2.71. The molecule has 2 aromatic heterocycles. The summed E-state index contributed by atoms with van der Waals surface area (Å²) in [5, 5.41) is 0.306. The van der Waals surface area contributed by atoms with Gasteiger partial charge in [0.25, 0.3) is 0 Å². The van der Waals surface area contributed by atoms with Gasteiger partial charge in [0.1, 0.15) is 5.65 Å². The van der Waals surface area contributed by atoms with Crippen LogP contribution in [0.5, 0.6) is 0 Å². The van der Waals surface area contributed by atoms with Gasteiger partial charge in [-0.2, -0.15) is 0 Å². The lowest BCUT2D eigenvalue weighted by Crippen LogP contribution is -2.05. The molecule has 1 aliphatic rings. The predicted octanol–water partition coefficient (Wildman–Crippen LogP) is 3.64. The maximum absolute atomic E-state index is 12.1. The molecule has 24 heavy (non-hydrogen) atoms. The zero-order chi connectivity index (χ0) is 16.7. The largest absolute Gasteiger partial charge is 0.402 e. The molecule has 0 spiro atoms. The van der Waals surface area contributed by atoms with E-state index in [4.69, 9.17) is 16.3 Å². The van der Waals surface area contributed by atoms with E-state index in [1.165, 1.54) is 0 Å². The Labute approximate surface area is 142 Å². The fraction of sp³-hybridized carbons (Fsp3) is 0.0556. The highest BCUT2D eigenvalue weighted by atomic mass is 35.5. The van der Waals surface area contributed by atoms with Crippen LogP contribution in [0.3, 0.4) is 0 Å². The minimum absolute atomic E-state index is 0.193. The molecule has 1 aliphatic heterocycles. The molecule has 118 valence electrons. The zero-order valence-electron chi connectivity index (χ0n) is 12.7. The second-order valence-electron chi connectivity index (χ2n) is 5.42. The Kier molecular flexibility index (Phi) is 3.43. The number of benzene rings is 1. The van der Waals surface area contributed by atoms with E-state index in [0.29, 0.717) is 16.5 Å². The normalized spacial score (nSPS) is 15.8. The number of imidazole rings is 1. The van der Waals surface area contributed by atoms with Crippen LogP contribution in [0.15, 0.2) is 59.4 Å². The number of fused-ring (bicyclic) bond motifs is 1.